The van der Waals surface area contributed by atoms with Crippen LogP contribution in [0, 0.1) is 0 Å². The SMILES string of the molecule is CC.CC.CCC.CCCCC.CCCCCCC.CCOC(=O)CC. The van der Waals surface area contributed by atoms with E-state index in [1.807, 2.05) is 27.7 Å². The molecule has 2 heteroatoms. The summed E-state index contributed by atoms with van der Waals surface area (Å²) in [4.78, 5) is 10.2. The largest absolute Gasteiger partial charge is 0.466 e. The Hall–Kier alpha value is -0.530. The summed E-state index contributed by atoms with van der Waals surface area (Å²) in [5.74, 6) is -0.123. The second-order valence-corrected chi connectivity index (χ2v) is 5.28. The molecule has 0 aromatic carbocycles. The van der Waals surface area contributed by atoms with E-state index in [0.29, 0.717) is 13.0 Å². The van der Waals surface area contributed by atoms with Gasteiger partial charge >= 0.3 is 5.97 Å². The highest BCUT2D eigenvalue weighted by Gasteiger charge is 1.91. The maximum absolute atomic E-state index is 10.2. The standard InChI is InChI=1S/C7H16.C5H10O2.C5H12.C3H8.2C2H6/c1-3-5-7-6-4-2;1-3-5(6)7-4-2;1-3-5-4-2;1-3-2;2*1-2/h3-7H2,1-2H3;3-4H2,1-2H3;3-5H2,1-2H3;3H2,1-2H3;2*1-2H3. The first kappa shape index (κ1) is 40.2. The number of esters is 1. The summed E-state index contributed by atoms with van der Waals surface area (Å²) in [6.45, 7) is 25.2. The zero-order valence-corrected chi connectivity index (χ0v) is 21.1. The first-order valence-electron chi connectivity index (χ1n) is 11.7. The summed E-state index contributed by atoms with van der Waals surface area (Å²) in [5, 5.41) is 0. The minimum atomic E-state index is -0.123. The van der Waals surface area contributed by atoms with Gasteiger partial charge in [-0.25, -0.2) is 0 Å². The van der Waals surface area contributed by atoms with Crippen LogP contribution in [-0.4, -0.2) is 12.6 Å². The summed E-state index contributed by atoms with van der Waals surface area (Å²) >= 11 is 0. The third-order valence-electron chi connectivity index (χ3n) is 2.51. The van der Waals surface area contributed by atoms with E-state index in [1.54, 1.807) is 13.8 Å². The number of carbonyl (C=O) groups is 1. The predicted molar refractivity (Wildman–Crippen MR) is 125 cm³/mol. The molecule has 0 rings (SSSR count). The van der Waals surface area contributed by atoms with E-state index in [0.717, 1.165) is 0 Å². The van der Waals surface area contributed by atoms with Crippen molar-refractivity contribution in [1.29, 1.82) is 0 Å². The number of hydrogen-bond donors (Lipinski definition) is 0. The first-order valence-corrected chi connectivity index (χ1v) is 11.7. The van der Waals surface area contributed by atoms with Gasteiger partial charge in [-0.15, -0.1) is 0 Å². The number of hydrogen-bond acceptors (Lipinski definition) is 2. The molecule has 0 bridgehead atoms. The second-order valence-electron chi connectivity index (χ2n) is 5.28. The van der Waals surface area contributed by atoms with Crippen molar-refractivity contribution in [2.75, 3.05) is 6.61 Å². The van der Waals surface area contributed by atoms with Crippen molar-refractivity contribution in [2.24, 2.45) is 0 Å². The number of ether oxygens (including phenoxy) is 1. The third-order valence-corrected chi connectivity index (χ3v) is 2.51. The van der Waals surface area contributed by atoms with Crippen molar-refractivity contribution in [3.8, 4) is 0 Å². The molecule has 0 fully saturated rings. The topological polar surface area (TPSA) is 26.3 Å². The van der Waals surface area contributed by atoms with E-state index < -0.39 is 0 Å². The van der Waals surface area contributed by atoms with Crippen molar-refractivity contribution in [1.82, 2.24) is 0 Å². The Labute approximate surface area is 169 Å². The van der Waals surface area contributed by atoms with Crippen LogP contribution in [0.1, 0.15) is 147 Å². The molecule has 0 atom stereocenters. The average Bonchev–Trinajstić information content (AvgIpc) is 2.68. The Morgan fingerprint density at radius 1 is 0.577 bits per heavy atom. The van der Waals surface area contributed by atoms with Gasteiger partial charge in [-0.1, -0.05) is 134 Å². The molecule has 0 aliphatic carbocycles. The number of carbonyl (C=O) groups excluding carboxylic acids is 1. The van der Waals surface area contributed by atoms with Gasteiger partial charge in [-0.2, -0.15) is 0 Å². The lowest BCUT2D eigenvalue weighted by Gasteiger charge is -1.93. The van der Waals surface area contributed by atoms with Gasteiger partial charge in [0.15, 0.2) is 0 Å². The molecule has 26 heavy (non-hydrogen) atoms. The Morgan fingerprint density at radius 3 is 1.00 bits per heavy atom. The van der Waals surface area contributed by atoms with Gasteiger partial charge in [0.1, 0.15) is 0 Å². The van der Waals surface area contributed by atoms with Crippen molar-refractivity contribution in [3.05, 3.63) is 0 Å². The molecule has 0 aromatic rings. The molecular weight excluding hydrogens is 320 g/mol. The average molecular weight is 379 g/mol. The van der Waals surface area contributed by atoms with Crippen LogP contribution in [0.25, 0.3) is 0 Å². The van der Waals surface area contributed by atoms with E-state index >= 15 is 0 Å². The van der Waals surface area contributed by atoms with E-state index in [1.165, 1.54) is 57.8 Å². The van der Waals surface area contributed by atoms with Crippen LogP contribution in [-0.2, 0) is 9.53 Å². The Kier molecular flexibility index (Phi) is 99.6. The normalized spacial score (nSPS) is 7.54. The van der Waals surface area contributed by atoms with Gasteiger partial charge in [-0.3, -0.25) is 4.79 Å². The molecule has 166 valence electrons. The van der Waals surface area contributed by atoms with Crippen LogP contribution in [0.2, 0.25) is 0 Å². The molecule has 0 radical (unpaired) electrons. The fraction of sp³-hybridized carbons (Fsp3) is 0.958. The Morgan fingerprint density at radius 2 is 0.885 bits per heavy atom. The highest BCUT2D eigenvalue weighted by atomic mass is 16.5. The van der Waals surface area contributed by atoms with Gasteiger partial charge in [0, 0.05) is 6.42 Å². The molecule has 0 aliphatic rings. The Balaban J connectivity index is -0.0000000496. The van der Waals surface area contributed by atoms with Crippen molar-refractivity contribution in [3.63, 3.8) is 0 Å². The van der Waals surface area contributed by atoms with Crippen molar-refractivity contribution in [2.45, 2.75) is 147 Å². The van der Waals surface area contributed by atoms with Gasteiger partial charge in [0.25, 0.3) is 0 Å². The molecule has 0 aromatic heterocycles. The minimum absolute atomic E-state index is 0.123. The molecule has 0 N–H and O–H groups in total. The fourth-order valence-corrected chi connectivity index (χ4v) is 1.29. The van der Waals surface area contributed by atoms with Crippen molar-refractivity contribution >= 4 is 5.97 Å². The molecule has 0 unspecified atom stereocenters. The highest BCUT2D eigenvalue weighted by Crippen LogP contribution is 2.00. The second kappa shape index (κ2) is 64.4. The van der Waals surface area contributed by atoms with Crippen LogP contribution in [0.4, 0.5) is 0 Å². The summed E-state index contributed by atoms with van der Waals surface area (Å²) < 4.78 is 4.55. The lowest BCUT2D eigenvalue weighted by molar-refractivity contribution is -0.142. The van der Waals surface area contributed by atoms with Crippen molar-refractivity contribution < 1.29 is 9.53 Å². The van der Waals surface area contributed by atoms with Gasteiger partial charge in [-0.05, 0) is 6.92 Å². The molecular formula is C24H58O2. The van der Waals surface area contributed by atoms with Gasteiger partial charge < -0.3 is 4.74 Å². The molecule has 0 saturated heterocycles. The zero-order chi connectivity index (χ0) is 22.1. The monoisotopic (exact) mass is 378 g/mol. The van der Waals surface area contributed by atoms with Gasteiger partial charge in [0.2, 0.25) is 0 Å². The van der Waals surface area contributed by atoms with E-state index in [-0.39, 0.29) is 5.97 Å². The Bertz CT molecular complexity index is 150. The van der Waals surface area contributed by atoms with Crippen LogP contribution in [0.5, 0.6) is 0 Å². The van der Waals surface area contributed by atoms with Crippen LogP contribution >= 0.6 is 0 Å². The number of rotatable bonds is 8. The first-order chi connectivity index (χ1) is 12.6. The lowest BCUT2D eigenvalue weighted by Crippen LogP contribution is -2.00. The lowest BCUT2D eigenvalue weighted by atomic mass is 10.2. The van der Waals surface area contributed by atoms with E-state index in [2.05, 4.69) is 46.3 Å². The smallest absolute Gasteiger partial charge is 0.305 e. The molecule has 0 spiro atoms. The molecule has 0 aliphatic heterocycles. The minimum Gasteiger partial charge on any atom is -0.466 e. The predicted octanol–water partition coefficient (Wildman–Crippen LogP) is 9.60. The fourth-order valence-electron chi connectivity index (χ4n) is 1.29. The third kappa shape index (κ3) is 108. The van der Waals surface area contributed by atoms with Crippen LogP contribution in [0.15, 0.2) is 0 Å². The summed E-state index contributed by atoms with van der Waals surface area (Å²) in [6, 6.07) is 0. The highest BCUT2D eigenvalue weighted by molar-refractivity contribution is 5.68. The van der Waals surface area contributed by atoms with E-state index in [4.69, 9.17) is 0 Å². The number of unbranched alkanes of at least 4 members (excludes halogenated alkanes) is 6. The molecule has 0 saturated carbocycles. The van der Waals surface area contributed by atoms with Crippen LogP contribution < -0.4 is 0 Å². The summed E-state index contributed by atoms with van der Waals surface area (Å²) in [7, 11) is 0. The zero-order valence-electron chi connectivity index (χ0n) is 21.1. The maximum Gasteiger partial charge on any atom is 0.305 e. The molecule has 0 heterocycles. The maximum atomic E-state index is 10.2. The summed E-state index contributed by atoms with van der Waals surface area (Å²) in [6.07, 6.45) is 12.8. The van der Waals surface area contributed by atoms with Gasteiger partial charge in [0.05, 0.1) is 6.61 Å². The van der Waals surface area contributed by atoms with E-state index in [9.17, 15) is 4.79 Å². The molecule has 2 nitrogen and oxygen atoms in total. The molecule has 0 amide bonds. The quantitative estimate of drug-likeness (QED) is 0.310. The summed E-state index contributed by atoms with van der Waals surface area (Å²) in [5.41, 5.74) is 0. The van der Waals surface area contributed by atoms with Crippen LogP contribution in [0.3, 0.4) is 0 Å².